The maximum Gasteiger partial charge on any atom is 0.338 e. The summed E-state index contributed by atoms with van der Waals surface area (Å²) >= 11 is 0. The number of hydrogen-bond donors (Lipinski definition) is 3. The van der Waals surface area contributed by atoms with E-state index >= 15 is 0 Å². The first kappa shape index (κ1) is 28.4. The molecule has 1 aliphatic heterocycles. The number of benzene rings is 2. The highest BCUT2D eigenvalue weighted by molar-refractivity contribution is 5.99. The van der Waals surface area contributed by atoms with E-state index in [0.717, 1.165) is 5.56 Å². The zero-order valence-electron chi connectivity index (χ0n) is 21.9. The molecule has 0 aromatic heterocycles. The minimum Gasteiger partial charge on any atom is -0.467 e. The summed E-state index contributed by atoms with van der Waals surface area (Å²) in [6.45, 7) is 5.32. The van der Waals surface area contributed by atoms with Crippen molar-refractivity contribution in [3.05, 3.63) is 71.3 Å². The first-order valence-electron chi connectivity index (χ1n) is 12.3. The fourth-order valence-electron chi connectivity index (χ4n) is 3.94. The quantitative estimate of drug-likeness (QED) is 0.423. The van der Waals surface area contributed by atoms with Crippen LogP contribution in [0.5, 0.6) is 0 Å². The lowest BCUT2D eigenvalue weighted by Gasteiger charge is -2.29. The summed E-state index contributed by atoms with van der Waals surface area (Å²) in [4.78, 5) is 62.4. The van der Waals surface area contributed by atoms with Crippen molar-refractivity contribution in [1.82, 2.24) is 16.0 Å². The second-order valence-electron chi connectivity index (χ2n) is 10.1. The molecule has 3 N–H and O–H groups in total. The van der Waals surface area contributed by atoms with Gasteiger partial charge < -0.3 is 25.4 Å². The predicted molar refractivity (Wildman–Crippen MR) is 138 cm³/mol. The Kier molecular flexibility index (Phi) is 9.22. The number of amides is 3. The van der Waals surface area contributed by atoms with Gasteiger partial charge in [-0.05, 0) is 44.0 Å². The number of piperazine rings is 1. The average Bonchev–Trinajstić information content (AvgIpc) is 2.86. The second kappa shape index (κ2) is 12.4. The highest BCUT2D eigenvalue weighted by Crippen LogP contribution is 2.14. The van der Waals surface area contributed by atoms with Gasteiger partial charge in [-0.1, -0.05) is 42.5 Å². The van der Waals surface area contributed by atoms with Gasteiger partial charge in [-0.2, -0.15) is 0 Å². The third-order valence-electron chi connectivity index (χ3n) is 5.79. The third kappa shape index (κ3) is 8.16. The van der Waals surface area contributed by atoms with Crippen molar-refractivity contribution in [3.63, 3.8) is 0 Å². The van der Waals surface area contributed by atoms with Gasteiger partial charge >= 0.3 is 11.9 Å². The molecule has 3 amide bonds. The van der Waals surface area contributed by atoms with Crippen LogP contribution in [-0.2, 0) is 41.5 Å². The van der Waals surface area contributed by atoms with Gasteiger partial charge in [-0.15, -0.1) is 0 Å². The van der Waals surface area contributed by atoms with Crippen molar-refractivity contribution in [2.24, 2.45) is 0 Å². The summed E-state index contributed by atoms with van der Waals surface area (Å²) < 4.78 is 10.2. The van der Waals surface area contributed by atoms with Crippen LogP contribution in [0.15, 0.2) is 54.6 Å². The summed E-state index contributed by atoms with van der Waals surface area (Å²) in [6, 6.07) is 12.9. The van der Waals surface area contributed by atoms with Crippen molar-refractivity contribution < 1.29 is 33.4 Å². The Hall–Kier alpha value is -4.21. The molecule has 1 heterocycles. The molecule has 1 aliphatic rings. The number of methoxy groups -OCH3 is 1. The van der Waals surface area contributed by atoms with E-state index in [1.165, 1.54) is 7.11 Å². The zero-order valence-corrected chi connectivity index (χ0v) is 21.9. The molecule has 202 valence electrons. The second-order valence-corrected chi connectivity index (χ2v) is 10.1. The Morgan fingerprint density at radius 1 is 0.895 bits per heavy atom. The topological polar surface area (TPSA) is 140 Å². The number of carbonyl (C=O) groups excluding carboxylic acids is 5. The number of hydrogen-bond acceptors (Lipinski definition) is 7. The summed E-state index contributed by atoms with van der Waals surface area (Å²) in [6.07, 6.45) is 0.0740. The Balaban J connectivity index is 1.58. The van der Waals surface area contributed by atoms with Crippen LogP contribution in [-0.4, -0.2) is 60.5 Å². The van der Waals surface area contributed by atoms with Gasteiger partial charge in [0.2, 0.25) is 17.7 Å². The number of esters is 2. The van der Waals surface area contributed by atoms with Crippen molar-refractivity contribution >= 4 is 29.7 Å². The van der Waals surface area contributed by atoms with Crippen molar-refractivity contribution in [2.45, 2.75) is 63.8 Å². The maximum absolute atomic E-state index is 12.7. The Morgan fingerprint density at radius 3 is 2.11 bits per heavy atom. The van der Waals surface area contributed by atoms with Crippen molar-refractivity contribution in [1.29, 1.82) is 0 Å². The van der Waals surface area contributed by atoms with E-state index in [9.17, 15) is 24.0 Å². The largest absolute Gasteiger partial charge is 0.467 e. The van der Waals surface area contributed by atoms with Gasteiger partial charge in [0.15, 0.2) is 0 Å². The molecule has 2 aromatic rings. The highest BCUT2D eigenvalue weighted by atomic mass is 16.6. The molecule has 2 aromatic carbocycles. The molecule has 10 heteroatoms. The van der Waals surface area contributed by atoms with Gasteiger partial charge in [0, 0.05) is 12.8 Å². The first-order chi connectivity index (χ1) is 17.9. The molecule has 0 saturated carbocycles. The van der Waals surface area contributed by atoms with Crippen LogP contribution >= 0.6 is 0 Å². The fraction of sp³-hybridized carbons (Fsp3) is 0.393. The number of carbonyl (C=O) groups is 5. The summed E-state index contributed by atoms with van der Waals surface area (Å²) in [5, 5.41) is 7.84. The van der Waals surface area contributed by atoms with Gasteiger partial charge in [0.1, 0.15) is 23.7 Å². The van der Waals surface area contributed by atoms with Crippen LogP contribution < -0.4 is 16.0 Å². The standard InChI is InChI=1S/C28H33N3O7/c1-28(2,3)38-26(35)19-12-10-18(11-13-19)15-22(27(36)37-4)29-23(32)16-21-25(34)30-20(24(33)31-21)14-17-8-6-5-7-9-17/h5-13,20-22H,14-16H2,1-4H3,(H,29,32)(H,30,34)(H,31,33)/t20-,21-,22+/m0/s1. The third-order valence-corrected chi connectivity index (χ3v) is 5.79. The van der Waals surface area contributed by atoms with E-state index in [0.29, 0.717) is 17.5 Å². The zero-order chi connectivity index (χ0) is 27.9. The maximum atomic E-state index is 12.7. The van der Waals surface area contributed by atoms with Crippen LogP contribution in [0.1, 0.15) is 48.7 Å². The average molecular weight is 524 g/mol. The summed E-state index contributed by atoms with van der Waals surface area (Å²) in [5.74, 6) is -2.61. The number of rotatable bonds is 9. The lowest BCUT2D eigenvalue weighted by Crippen LogP contribution is -2.63. The molecule has 1 saturated heterocycles. The van der Waals surface area contributed by atoms with E-state index in [1.807, 2.05) is 30.3 Å². The van der Waals surface area contributed by atoms with Crippen LogP contribution in [0, 0.1) is 0 Å². The lowest BCUT2D eigenvalue weighted by molar-refractivity contribution is -0.145. The van der Waals surface area contributed by atoms with Crippen molar-refractivity contribution in [3.8, 4) is 0 Å². The molecule has 0 spiro atoms. The fourth-order valence-corrected chi connectivity index (χ4v) is 3.94. The molecule has 0 bridgehead atoms. The molecular weight excluding hydrogens is 490 g/mol. The van der Waals surface area contributed by atoms with E-state index in [4.69, 9.17) is 9.47 Å². The molecule has 0 aliphatic carbocycles. The normalized spacial score (nSPS) is 18.0. The SMILES string of the molecule is COC(=O)[C@@H](Cc1ccc(C(=O)OC(C)(C)C)cc1)NC(=O)C[C@@H]1NC(=O)[C@H](Cc2ccccc2)NC1=O. The van der Waals surface area contributed by atoms with E-state index in [2.05, 4.69) is 16.0 Å². The van der Waals surface area contributed by atoms with Crippen LogP contribution in [0.25, 0.3) is 0 Å². The Labute approximate surface area is 221 Å². The first-order valence-corrected chi connectivity index (χ1v) is 12.3. The molecule has 3 rings (SSSR count). The van der Waals surface area contributed by atoms with E-state index in [-0.39, 0.29) is 18.7 Å². The number of nitrogens with one attached hydrogen (secondary N) is 3. The van der Waals surface area contributed by atoms with Crippen LogP contribution in [0.3, 0.4) is 0 Å². The van der Waals surface area contributed by atoms with Crippen LogP contribution in [0.4, 0.5) is 0 Å². The summed E-state index contributed by atoms with van der Waals surface area (Å²) in [5.41, 5.74) is 1.28. The molecule has 0 radical (unpaired) electrons. The predicted octanol–water partition coefficient (Wildman–Crippen LogP) is 1.46. The van der Waals surface area contributed by atoms with Gasteiger partial charge in [0.25, 0.3) is 0 Å². The Bertz CT molecular complexity index is 1170. The minimum atomic E-state index is -1.07. The molecule has 3 atom stereocenters. The molecular formula is C28H33N3O7. The number of ether oxygens (including phenoxy) is 2. The monoisotopic (exact) mass is 523 g/mol. The van der Waals surface area contributed by atoms with Gasteiger partial charge in [0.05, 0.1) is 19.1 Å². The highest BCUT2D eigenvalue weighted by Gasteiger charge is 2.35. The molecule has 1 fully saturated rings. The van der Waals surface area contributed by atoms with E-state index < -0.39 is 47.5 Å². The Morgan fingerprint density at radius 2 is 1.50 bits per heavy atom. The minimum absolute atomic E-state index is 0.0926. The summed E-state index contributed by atoms with van der Waals surface area (Å²) in [7, 11) is 1.20. The molecule has 0 unspecified atom stereocenters. The van der Waals surface area contributed by atoms with Crippen LogP contribution in [0.2, 0.25) is 0 Å². The van der Waals surface area contributed by atoms with Gasteiger partial charge in [-0.25, -0.2) is 9.59 Å². The van der Waals surface area contributed by atoms with E-state index in [1.54, 1.807) is 45.0 Å². The molecule has 10 nitrogen and oxygen atoms in total. The smallest absolute Gasteiger partial charge is 0.338 e. The lowest BCUT2D eigenvalue weighted by atomic mass is 10.0. The molecule has 38 heavy (non-hydrogen) atoms. The van der Waals surface area contributed by atoms with Crippen molar-refractivity contribution in [2.75, 3.05) is 7.11 Å². The van der Waals surface area contributed by atoms with Gasteiger partial charge in [-0.3, -0.25) is 14.4 Å².